The molecule has 33 heavy (non-hydrogen) atoms. The second kappa shape index (κ2) is 9.43. The summed E-state index contributed by atoms with van der Waals surface area (Å²) in [6.07, 6.45) is 9.51. The van der Waals surface area contributed by atoms with Crippen molar-refractivity contribution in [3.8, 4) is 0 Å². The van der Waals surface area contributed by atoms with Crippen LogP contribution in [0.4, 0.5) is 0 Å². The molecule has 1 atom stereocenters. The average Bonchev–Trinajstić information content (AvgIpc) is 3.57. The molecule has 0 bridgehead atoms. The first kappa shape index (κ1) is 21.8. The number of nitrogens with zero attached hydrogens (tertiary/aromatic N) is 4. The molecule has 1 amide bonds. The second-order valence-electron chi connectivity index (χ2n) is 9.50. The fourth-order valence-electron chi connectivity index (χ4n) is 5.25. The maximum Gasteiger partial charge on any atom is 0.240 e. The highest BCUT2D eigenvalue weighted by Gasteiger charge is 2.41. The predicted octanol–water partition coefficient (Wildman–Crippen LogP) is 3.91. The highest BCUT2D eigenvalue weighted by Crippen LogP contribution is 2.45. The third-order valence-electron chi connectivity index (χ3n) is 7.04. The molecular weight excluding hydrogens is 414 g/mol. The van der Waals surface area contributed by atoms with Crippen LogP contribution in [0.25, 0.3) is 0 Å². The van der Waals surface area contributed by atoms with Crippen LogP contribution in [-0.2, 0) is 23.3 Å². The lowest BCUT2D eigenvalue weighted by atomic mass is 9.78. The number of carbonyl (C=O) groups is 1. The van der Waals surface area contributed by atoms with Gasteiger partial charge < -0.3 is 9.84 Å². The number of nitrogens with one attached hydrogen (secondary N) is 1. The van der Waals surface area contributed by atoms with E-state index in [0.717, 1.165) is 38.2 Å². The number of aromatic nitrogens is 3. The summed E-state index contributed by atoms with van der Waals surface area (Å²) in [5.74, 6) is 1.56. The van der Waals surface area contributed by atoms with E-state index >= 15 is 0 Å². The third kappa shape index (κ3) is 4.83. The molecule has 7 nitrogen and oxygen atoms in total. The molecule has 1 aromatic carbocycles. The molecule has 1 N–H and O–H groups in total. The minimum absolute atomic E-state index is 0.130. The maximum atomic E-state index is 11.7. The topological polar surface area (TPSA) is 84.2 Å². The SMILES string of the molecule is Cc1ccc(C2(c3noc(CN(Cc4ccncc4)C[C@@H]4CCC(=O)N4)n3)CCCC2)cc1. The van der Waals surface area contributed by atoms with Crippen molar-refractivity contribution in [3.05, 3.63) is 77.2 Å². The second-order valence-corrected chi connectivity index (χ2v) is 9.50. The lowest BCUT2D eigenvalue weighted by Gasteiger charge is -2.26. The standard InChI is InChI=1S/C26H31N5O2/c1-19-4-6-21(7-5-19)26(12-2-3-13-26)25-29-24(33-30-25)18-31(16-20-10-14-27-15-11-20)17-22-8-9-23(32)28-22/h4-7,10-11,14-15,22H,2-3,8-9,12-13,16-18H2,1H3,(H,28,32)/t22-/m0/s1. The zero-order valence-electron chi connectivity index (χ0n) is 19.2. The normalized spacial score (nSPS) is 19.8. The lowest BCUT2D eigenvalue weighted by Crippen LogP contribution is -2.38. The van der Waals surface area contributed by atoms with Gasteiger partial charge in [0.2, 0.25) is 11.8 Å². The molecular formula is C26H31N5O2. The van der Waals surface area contributed by atoms with Gasteiger partial charge in [-0.25, -0.2) is 0 Å². The molecule has 0 spiro atoms. The molecule has 0 radical (unpaired) electrons. The smallest absolute Gasteiger partial charge is 0.240 e. The molecule has 7 heteroatoms. The van der Waals surface area contributed by atoms with E-state index in [0.29, 0.717) is 18.9 Å². The largest absolute Gasteiger partial charge is 0.352 e. The van der Waals surface area contributed by atoms with Gasteiger partial charge in [-0.2, -0.15) is 4.98 Å². The first-order valence-electron chi connectivity index (χ1n) is 11.9. The van der Waals surface area contributed by atoms with Crippen molar-refractivity contribution >= 4 is 5.91 Å². The van der Waals surface area contributed by atoms with Crippen LogP contribution in [-0.4, -0.2) is 38.5 Å². The molecule has 1 saturated carbocycles. The maximum absolute atomic E-state index is 11.7. The van der Waals surface area contributed by atoms with E-state index in [1.54, 1.807) is 12.4 Å². The van der Waals surface area contributed by atoms with Gasteiger partial charge in [-0.05, 0) is 49.4 Å². The molecule has 2 fully saturated rings. The van der Waals surface area contributed by atoms with Gasteiger partial charge in [0.25, 0.3) is 0 Å². The van der Waals surface area contributed by atoms with Gasteiger partial charge in [-0.15, -0.1) is 0 Å². The van der Waals surface area contributed by atoms with Gasteiger partial charge in [0.15, 0.2) is 5.82 Å². The van der Waals surface area contributed by atoms with Crippen molar-refractivity contribution in [1.82, 2.24) is 25.3 Å². The van der Waals surface area contributed by atoms with Crippen molar-refractivity contribution in [2.75, 3.05) is 6.54 Å². The fourth-order valence-corrected chi connectivity index (χ4v) is 5.25. The predicted molar refractivity (Wildman–Crippen MR) is 124 cm³/mol. The van der Waals surface area contributed by atoms with Crippen LogP contribution < -0.4 is 5.32 Å². The van der Waals surface area contributed by atoms with E-state index in [1.807, 2.05) is 12.1 Å². The highest BCUT2D eigenvalue weighted by molar-refractivity contribution is 5.78. The Morgan fingerprint density at radius 2 is 1.85 bits per heavy atom. The van der Waals surface area contributed by atoms with Crippen LogP contribution in [0.2, 0.25) is 0 Å². The summed E-state index contributed by atoms with van der Waals surface area (Å²) in [5.41, 5.74) is 3.54. The lowest BCUT2D eigenvalue weighted by molar-refractivity contribution is -0.119. The summed E-state index contributed by atoms with van der Waals surface area (Å²) in [6.45, 7) is 4.14. The summed E-state index contributed by atoms with van der Waals surface area (Å²) < 4.78 is 5.80. The monoisotopic (exact) mass is 445 g/mol. The van der Waals surface area contributed by atoms with Crippen LogP contribution in [0, 0.1) is 6.92 Å². The van der Waals surface area contributed by atoms with Gasteiger partial charge in [-0.1, -0.05) is 47.8 Å². The van der Waals surface area contributed by atoms with E-state index in [2.05, 4.69) is 51.5 Å². The number of hydrogen-bond donors (Lipinski definition) is 1. The summed E-state index contributed by atoms with van der Waals surface area (Å²) in [7, 11) is 0. The highest BCUT2D eigenvalue weighted by atomic mass is 16.5. The minimum Gasteiger partial charge on any atom is -0.352 e. The van der Waals surface area contributed by atoms with Gasteiger partial charge in [0, 0.05) is 37.9 Å². The summed E-state index contributed by atoms with van der Waals surface area (Å²) in [6, 6.07) is 13.0. The van der Waals surface area contributed by atoms with E-state index < -0.39 is 0 Å². The van der Waals surface area contributed by atoms with E-state index in [1.165, 1.54) is 29.5 Å². The van der Waals surface area contributed by atoms with E-state index in [4.69, 9.17) is 9.51 Å². The number of benzene rings is 1. The number of hydrogen-bond acceptors (Lipinski definition) is 6. The molecule has 1 saturated heterocycles. The quantitative estimate of drug-likeness (QED) is 0.566. The first-order chi connectivity index (χ1) is 16.1. The molecule has 3 aromatic rings. The summed E-state index contributed by atoms with van der Waals surface area (Å²) in [5, 5.41) is 7.56. The zero-order valence-corrected chi connectivity index (χ0v) is 19.2. The van der Waals surface area contributed by atoms with Gasteiger partial charge in [0.05, 0.1) is 12.0 Å². The molecule has 0 unspecified atom stereocenters. The van der Waals surface area contributed by atoms with Crippen LogP contribution in [0.1, 0.15) is 66.9 Å². The Kier molecular flexibility index (Phi) is 6.22. The van der Waals surface area contributed by atoms with Crippen molar-refractivity contribution in [2.24, 2.45) is 0 Å². The Hall–Kier alpha value is -3.06. The summed E-state index contributed by atoms with van der Waals surface area (Å²) >= 11 is 0. The van der Waals surface area contributed by atoms with Crippen LogP contribution in [0.5, 0.6) is 0 Å². The molecule has 2 aliphatic rings. The Bertz CT molecular complexity index is 1070. The molecule has 1 aliphatic heterocycles. The third-order valence-corrected chi connectivity index (χ3v) is 7.04. The van der Waals surface area contributed by atoms with Crippen LogP contribution in [0.3, 0.4) is 0 Å². The van der Waals surface area contributed by atoms with Crippen molar-refractivity contribution in [2.45, 2.75) is 70.0 Å². The van der Waals surface area contributed by atoms with E-state index in [-0.39, 0.29) is 17.4 Å². The average molecular weight is 446 g/mol. The zero-order chi connectivity index (χ0) is 22.7. The van der Waals surface area contributed by atoms with Gasteiger partial charge in [0.1, 0.15) is 0 Å². The van der Waals surface area contributed by atoms with Crippen LogP contribution >= 0.6 is 0 Å². The molecule has 5 rings (SSSR count). The van der Waals surface area contributed by atoms with Gasteiger partial charge in [-0.3, -0.25) is 14.7 Å². The van der Waals surface area contributed by atoms with Crippen molar-refractivity contribution in [3.63, 3.8) is 0 Å². The Balaban J connectivity index is 1.37. The van der Waals surface area contributed by atoms with Crippen molar-refractivity contribution < 1.29 is 9.32 Å². The number of carbonyl (C=O) groups excluding carboxylic acids is 1. The Morgan fingerprint density at radius 1 is 1.09 bits per heavy atom. The van der Waals surface area contributed by atoms with Crippen molar-refractivity contribution in [1.29, 1.82) is 0 Å². The number of pyridine rings is 1. The Morgan fingerprint density at radius 3 is 2.55 bits per heavy atom. The molecule has 3 heterocycles. The number of aryl methyl sites for hydroxylation is 1. The molecule has 2 aromatic heterocycles. The minimum atomic E-state index is -0.162. The van der Waals surface area contributed by atoms with Crippen LogP contribution in [0.15, 0.2) is 53.3 Å². The number of rotatable bonds is 8. The van der Waals surface area contributed by atoms with Gasteiger partial charge >= 0.3 is 0 Å². The first-order valence-corrected chi connectivity index (χ1v) is 11.9. The summed E-state index contributed by atoms with van der Waals surface area (Å²) in [4.78, 5) is 23.0. The molecule has 172 valence electrons. The molecule has 1 aliphatic carbocycles. The number of amides is 1. The Labute approximate surface area is 194 Å². The van der Waals surface area contributed by atoms with E-state index in [9.17, 15) is 4.79 Å². The fraction of sp³-hybridized carbons (Fsp3) is 0.462.